The molecule has 0 radical (unpaired) electrons. The second kappa shape index (κ2) is 7.62. The van der Waals surface area contributed by atoms with Crippen molar-refractivity contribution in [2.45, 2.75) is 69.2 Å². The summed E-state index contributed by atoms with van der Waals surface area (Å²) in [5, 5.41) is 6.43. The summed E-state index contributed by atoms with van der Waals surface area (Å²) in [6.45, 7) is 0.468. The molecule has 7 heteroatoms. The molecule has 2 heterocycles. The molecule has 3 fully saturated rings. The SMILES string of the molecule is Cl.NC(=O)C1CCC(CNC(=O)C2CC3CCCCC3N2)O1. The summed E-state index contributed by atoms with van der Waals surface area (Å²) in [7, 11) is 0. The monoisotopic (exact) mass is 331 g/mol. The van der Waals surface area contributed by atoms with Crippen LogP contribution in [0.2, 0.25) is 0 Å². The summed E-state index contributed by atoms with van der Waals surface area (Å²) in [5.41, 5.74) is 5.22. The van der Waals surface area contributed by atoms with Gasteiger partial charge in [-0.3, -0.25) is 9.59 Å². The predicted octanol–water partition coefficient (Wildman–Crippen LogP) is 0.478. The number of fused-ring (bicyclic) bond motifs is 1. The third-order valence-corrected chi connectivity index (χ3v) is 5.11. The van der Waals surface area contributed by atoms with Crippen molar-refractivity contribution < 1.29 is 14.3 Å². The van der Waals surface area contributed by atoms with Gasteiger partial charge < -0.3 is 21.1 Å². The van der Waals surface area contributed by atoms with Gasteiger partial charge in [-0.15, -0.1) is 12.4 Å². The zero-order valence-electron chi connectivity index (χ0n) is 12.8. The topological polar surface area (TPSA) is 93.5 Å². The molecule has 3 rings (SSSR count). The number of nitrogens with two attached hydrogens (primary N) is 1. The van der Waals surface area contributed by atoms with Crippen molar-refractivity contribution in [2.75, 3.05) is 6.54 Å². The normalized spacial score (nSPS) is 37.2. The quantitative estimate of drug-likeness (QED) is 0.698. The number of rotatable bonds is 4. The zero-order chi connectivity index (χ0) is 14.8. The molecule has 5 atom stereocenters. The van der Waals surface area contributed by atoms with Crippen molar-refractivity contribution in [3.05, 3.63) is 0 Å². The Labute approximate surface area is 137 Å². The summed E-state index contributed by atoms with van der Waals surface area (Å²) >= 11 is 0. The molecule has 0 aromatic rings. The molecule has 3 aliphatic rings. The number of hydrogen-bond donors (Lipinski definition) is 3. The number of hydrogen-bond acceptors (Lipinski definition) is 4. The lowest BCUT2D eigenvalue weighted by Crippen LogP contribution is -2.45. The highest BCUT2D eigenvalue weighted by Gasteiger charge is 2.38. The van der Waals surface area contributed by atoms with Gasteiger partial charge in [-0.2, -0.15) is 0 Å². The molecule has 0 aromatic heterocycles. The first kappa shape index (κ1) is 17.5. The highest BCUT2D eigenvalue weighted by molar-refractivity contribution is 5.85. The number of halogens is 1. The van der Waals surface area contributed by atoms with Crippen molar-refractivity contribution in [1.82, 2.24) is 10.6 Å². The standard InChI is InChI=1S/C15H25N3O3.ClH/c16-14(19)13-6-5-10(21-13)8-17-15(20)12-7-9-3-1-2-4-11(9)18-12;/h9-13,18H,1-8H2,(H2,16,19)(H,17,20);1H. The minimum atomic E-state index is -0.487. The van der Waals surface area contributed by atoms with Crippen LogP contribution in [0.1, 0.15) is 44.9 Å². The van der Waals surface area contributed by atoms with Gasteiger partial charge in [0.2, 0.25) is 11.8 Å². The minimum absolute atomic E-state index is 0. The van der Waals surface area contributed by atoms with Gasteiger partial charge in [0, 0.05) is 12.6 Å². The number of amides is 2. The average molecular weight is 332 g/mol. The number of ether oxygens (including phenoxy) is 1. The van der Waals surface area contributed by atoms with Crippen molar-refractivity contribution in [3.8, 4) is 0 Å². The largest absolute Gasteiger partial charge is 0.367 e. The molecule has 4 N–H and O–H groups in total. The highest BCUT2D eigenvalue weighted by Crippen LogP contribution is 2.33. The van der Waals surface area contributed by atoms with E-state index >= 15 is 0 Å². The Morgan fingerprint density at radius 2 is 1.95 bits per heavy atom. The summed E-state index contributed by atoms with van der Waals surface area (Å²) in [5.74, 6) is 0.317. The fourth-order valence-electron chi connectivity index (χ4n) is 3.92. The van der Waals surface area contributed by atoms with Crippen molar-refractivity contribution in [3.63, 3.8) is 0 Å². The van der Waals surface area contributed by atoms with Crippen LogP contribution >= 0.6 is 12.4 Å². The third kappa shape index (κ3) is 3.91. The average Bonchev–Trinajstić information content (AvgIpc) is 3.11. The first-order valence-corrected chi connectivity index (χ1v) is 8.12. The maximum absolute atomic E-state index is 12.2. The minimum Gasteiger partial charge on any atom is -0.367 e. The number of carbonyl (C=O) groups is 2. The van der Waals surface area contributed by atoms with Crippen LogP contribution in [-0.4, -0.2) is 42.7 Å². The molecule has 22 heavy (non-hydrogen) atoms. The van der Waals surface area contributed by atoms with E-state index in [1.165, 1.54) is 25.7 Å². The van der Waals surface area contributed by atoms with Gasteiger partial charge in [0.15, 0.2) is 0 Å². The summed E-state index contributed by atoms with van der Waals surface area (Å²) in [6.07, 6.45) is 6.81. The number of carbonyl (C=O) groups excluding carboxylic acids is 2. The fraction of sp³-hybridized carbons (Fsp3) is 0.867. The smallest absolute Gasteiger partial charge is 0.246 e. The van der Waals surface area contributed by atoms with Gasteiger partial charge in [0.1, 0.15) is 6.10 Å². The van der Waals surface area contributed by atoms with Crippen LogP contribution in [0.4, 0.5) is 0 Å². The van der Waals surface area contributed by atoms with E-state index in [-0.39, 0.29) is 30.5 Å². The second-order valence-corrected chi connectivity index (χ2v) is 6.58. The van der Waals surface area contributed by atoms with Crippen LogP contribution in [-0.2, 0) is 14.3 Å². The molecule has 1 saturated carbocycles. The van der Waals surface area contributed by atoms with E-state index in [0.717, 1.165) is 12.8 Å². The van der Waals surface area contributed by atoms with Crippen LogP contribution < -0.4 is 16.4 Å². The van der Waals surface area contributed by atoms with Crippen LogP contribution in [0.3, 0.4) is 0 Å². The van der Waals surface area contributed by atoms with Crippen molar-refractivity contribution >= 4 is 24.2 Å². The van der Waals surface area contributed by atoms with E-state index in [0.29, 0.717) is 24.9 Å². The first-order chi connectivity index (χ1) is 10.1. The van der Waals surface area contributed by atoms with Crippen LogP contribution in [0.15, 0.2) is 0 Å². The molecular weight excluding hydrogens is 306 g/mol. The van der Waals surface area contributed by atoms with E-state index < -0.39 is 12.0 Å². The summed E-state index contributed by atoms with van der Waals surface area (Å²) in [4.78, 5) is 23.3. The van der Waals surface area contributed by atoms with Crippen LogP contribution in [0, 0.1) is 5.92 Å². The maximum atomic E-state index is 12.2. The molecule has 0 bridgehead atoms. The molecule has 1 aliphatic carbocycles. The molecule has 126 valence electrons. The van der Waals surface area contributed by atoms with Gasteiger partial charge in [0.05, 0.1) is 12.1 Å². The Hall–Kier alpha value is -0.850. The summed E-state index contributed by atoms with van der Waals surface area (Å²) in [6, 6.07) is 0.461. The molecule has 6 nitrogen and oxygen atoms in total. The summed E-state index contributed by atoms with van der Waals surface area (Å²) < 4.78 is 5.52. The fourth-order valence-corrected chi connectivity index (χ4v) is 3.92. The van der Waals surface area contributed by atoms with E-state index in [9.17, 15) is 9.59 Å². The van der Waals surface area contributed by atoms with Crippen LogP contribution in [0.5, 0.6) is 0 Å². The van der Waals surface area contributed by atoms with Gasteiger partial charge >= 0.3 is 0 Å². The predicted molar refractivity (Wildman–Crippen MR) is 84.6 cm³/mol. The van der Waals surface area contributed by atoms with Gasteiger partial charge in [-0.1, -0.05) is 12.8 Å². The zero-order valence-corrected chi connectivity index (χ0v) is 13.6. The van der Waals surface area contributed by atoms with E-state index in [4.69, 9.17) is 10.5 Å². The Balaban J connectivity index is 0.00000176. The van der Waals surface area contributed by atoms with Crippen LogP contribution in [0.25, 0.3) is 0 Å². The lowest BCUT2D eigenvalue weighted by Gasteiger charge is -2.24. The number of nitrogens with one attached hydrogen (secondary N) is 2. The highest BCUT2D eigenvalue weighted by atomic mass is 35.5. The van der Waals surface area contributed by atoms with Crippen molar-refractivity contribution in [1.29, 1.82) is 0 Å². The van der Waals surface area contributed by atoms with Gasteiger partial charge in [0.25, 0.3) is 0 Å². The number of primary amides is 1. The molecule has 5 unspecified atom stereocenters. The molecule has 0 aromatic carbocycles. The van der Waals surface area contributed by atoms with E-state index in [2.05, 4.69) is 10.6 Å². The van der Waals surface area contributed by atoms with E-state index in [1.807, 2.05) is 0 Å². The molecule has 2 aliphatic heterocycles. The second-order valence-electron chi connectivity index (χ2n) is 6.58. The first-order valence-electron chi connectivity index (χ1n) is 8.12. The third-order valence-electron chi connectivity index (χ3n) is 5.11. The molecular formula is C15H26ClN3O3. The van der Waals surface area contributed by atoms with Crippen molar-refractivity contribution in [2.24, 2.45) is 11.7 Å². The van der Waals surface area contributed by atoms with Gasteiger partial charge in [-0.05, 0) is 38.0 Å². The lowest BCUT2D eigenvalue weighted by atomic mass is 9.85. The Bertz CT molecular complexity index is 407. The molecule has 0 spiro atoms. The Morgan fingerprint density at radius 3 is 2.64 bits per heavy atom. The Morgan fingerprint density at radius 1 is 1.18 bits per heavy atom. The molecule has 2 saturated heterocycles. The lowest BCUT2D eigenvalue weighted by molar-refractivity contribution is -0.129. The van der Waals surface area contributed by atoms with E-state index in [1.54, 1.807) is 0 Å². The molecule has 2 amide bonds. The maximum Gasteiger partial charge on any atom is 0.246 e. The Kier molecular flexibility index (Phi) is 6.06. The van der Waals surface area contributed by atoms with Gasteiger partial charge in [-0.25, -0.2) is 0 Å².